The molecule has 1 atom stereocenters. The summed E-state index contributed by atoms with van der Waals surface area (Å²) >= 11 is 6.26. The van der Waals surface area contributed by atoms with Crippen molar-refractivity contribution in [2.24, 2.45) is 0 Å². The Hall–Kier alpha value is -4.41. The van der Waals surface area contributed by atoms with Crippen molar-refractivity contribution in [1.29, 1.82) is 0 Å². The fraction of sp³-hybridized carbons (Fsp3) is 0.342. The van der Waals surface area contributed by atoms with Gasteiger partial charge in [-0.25, -0.2) is 14.4 Å². The molecular weight excluding hydrogens is 599 g/mol. The smallest absolute Gasteiger partial charge is 0.247 e. The Morgan fingerprint density at radius 2 is 1.65 bits per heavy atom. The number of anilines is 1. The van der Waals surface area contributed by atoms with Crippen LogP contribution in [0.3, 0.4) is 0 Å². The highest BCUT2D eigenvalue weighted by atomic mass is 35.5. The number of halogens is 2. The van der Waals surface area contributed by atoms with Crippen LogP contribution in [0.15, 0.2) is 72.8 Å². The molecule has 1 amide bonds. The minimum Gasteiger partial charge on any atom is -0.497 e. The Balaban J connectivity index is 1.70. The molecule has 1 saturated carbocycles. The molecule has 1 unspecified atom stereocenters. The number of aromatic nitrogens is 2. The Labute approximate surface area is 276 Å². The third-order valence-corrected chi connectivity index (χ3v) is 8.51. The molecule has 0 spiro atoms. The number of rotatable bonds is 9. The normalized spacial score (nSPS) is 13.9. The van der Waals surface area contributed by atoms with Gasteiger partial charge in [0.05, 0.1) is 18.4 Å². The lowest BCUT2D eigenvalue weighted by Crippen LogP contribution is -2.45. The first kappa shape index (κ1) is 33.0. The maximum absolute atomic E-state index is 14.5. The molecule has 6 nitrogen and oxygen atoms in total. The molecule has 1 heterocycles. The number of carbonyl (C=O) groups excluding carboxylic acids is 1. The minimum absolute atomic E-state index is 0.0266. The summed E-state index contributed by atoms with van der Waals surface area (Å²) in [5, 5.41) is 3.95. The molecule has 8 heteroatoms. The molecule has 1 aromatic heterocycles. The summed E-state index contributed by atoms with van der Waals surface area (Å²) in [5.41, 5.74) is 3.71. The van der Waals surface area contributed by atoms with Gasteiger partial charge in [0, 0.05) is 29.1 Å². The Morgan fingerprint density at radius 1 is 0.978 bits per heavy atom. The summed E-state index contributed by atoms with van der Waals surface area (Å²) in [7, 11) is 1.63. The number of methoxy groups -OCH3 is 1. The largest absolute Gasteiger partial charge is 0.497 e. The quantitative estimate of drug-likeness (QED) is 0.187. The third kappa shape index (κ3) is 8.24. The molecule has 238 valence electrons. The van der Waals surface area contributed by atoms with Crippen molar-refractivity contribution < 1.29 is 13.9 Å². The fourth-order valence-corrected chi connectivity index (χ4v) is 5.85. The number of carbonyl (C=O) groups is 1. The molecule has 1 N–H and O–H groups in total. The Morgan fingerprint density at radius 3 is 2.28 bits per heavy atom. The number of hydrogen-bond acceptors (Lipinski definition) is 5. The second-order valence-electron chi connectivity index (χ2n) is 12.1. The van der Waals surface area contributed by atoms with E-state index in [1.54, 1.807) is 19.2 Å². The number of nitrogens with one attached hydrogen (secondary N) is 1. The average Bonchev–Trinajstić information content (AvgIpc) is 3.06. The Kier molecular flexibility index (Phi) is 10.9. The van der Waals surface area contributed by atoms with Crippen LogP contribution >= 0.6 is 11.6 Å². The zero-order valence-corrected chi connectivity index (χ0v) is 27.6. The van der Waals surface area contributed by atoms with Crippen molar-refractivity contribution in [1.82, 2.24) is 15.3 Å². The van der Waals surface area contributed by atoms with Crippen LogP contribution in [-0.4, -0.2) is 29.0 Å². The van der Waals surface area contributed by atoms with E-state index in [9.17, 15) is 9.18 Å². The summed E-state index contributed by atoms with van der Waals surface area (Å²) < 4.78 is 19.5. The van der Waals surface area contributed by atoms with Crippen LogP contribution in [0.1, 0.15) is 91.7 Å². The van der Waals surface area contributed by atoms with E-state index in [0.29, 0.717) is 40.0 Å². The molecule has 1 aliphatic carbocycles. The SMILES string of the molecule is COc1ccc(C#Cc2c(C)nc(C(C)C)nc2N(Cc2ccc(Cl)cc2)C(C(=O)NC2CCCCC2)c2ccc(F)cc2)cc1. The maximum atomic E-state index is 14.5. The van der Waals surface area contributed by atoms with Crippen molar-refractivity contribution in [2.75, 3.05) is 12.0 Å². The first-order valence-electron chi connectivity index (χ1n) is 15.8. The van der Waals surface area contributed by atoms with Crippen LogP contribution in [0, 0.1) is 24.6 Å². The van der Waals surface area contributed by atoms with Gasteiger partial charge < -0.3 is 15.0 Å². The van der Waals surface area contributed by atoms with Crippen molar-refractivity contribution in [2.45, 2.75) is 77.4 Å². The molecular formula is C38H40ClFN4O2. The summed E-state index contributed by atoms with van der Waals surface area (Å²) in [6, 6.07) is 20.5. The van der Waals surface area contributed by atoms with Crippen LogP contribution in [0.2, 0.25) is 5.02 Å². The summed E-state index contributed by atoms with van der Waals surface area (Å²) in [6.45, 7) is 6.32. The zero-order valence-electron chi connectivity index (χ0n) is 26.8. The fourth-order valence-electron chi connectivity index (χ4n) is 5.72. The number of amides is 1. The van der Waals surface area contributed by atoms with Gasteiger partial charge in [-0.2, -0.15) is 0 Å². The van der Waals surface area contributed by atoms with E-state index in [0.717, 1.165) is 42.6 Å². The number of benzene rings is 3. The molecule has 1 fully saturated rings. The average molecular weight is 639 g/mol. The molecule has 0 radical (unpaired) electrons. The molecule has 3 aromatic carbocycles. The van der Waals surface area contributed by atoms with E-state index in [1.165, 1.54) is 18.6 Å². The van der Waals surface area contributed by atoms with Gasteiger partial charge in [-0.1, -0.05) is 80.8 Å². The first-order valence-corrected chi connectivity index (χ1v) is 16.2. The lowest BCUT2D eigenvalue weighted by atomic mass is 9.94. The number of hydrogen-bond donors (Lipinski definition) is 1. The Bertz CT molecular complexity index is 1690. The lowest BCUT2D eigenvalue weighted by molar-refractivity contribution is -0.123. The molecule has 1 aliphatic rings. The molecule has 4 aromatic rings. The van der Waals surface area contributed by atoms with Crippen LogP contribution in [0.5, 0.6) is 5.75 Å². The van der Waals surface area contributed by atoms with E-state index < -0.39 is 6.04 Å². The number of nitrogens with zero attached hydrogens (tertiary/aromatic N) is 3. The van der Waals surface area contributed by atoms with Crippen LogP contribution in [0.4, 0.5) is 10.2 Å². The van der Waals surface area contributed by atoms with Crippen molar-refractivity contribution in [3.63, 3.8) is 0 Å². The van der Waals surface area contributed by atoms with E-state index >= 15 is 0 Å². The minimum atomic E-state index is -0.825. The number of ether oxygens (including phenoxy) is 1. The van der Waals surface area contributed by atoms with Crippen LogP contribution in [0.25, 0.3) is 0 Å². The maximum Gasteiger partial charge on any atom is 0.247 e. The summed E-state index contributed by atoms with van der Waals surface area (Å²) in [4.78, 5) is 26.4. The highest BCUT2D eigenvalue weighted by Crippen LogP contribution is 2.34. The van der Waals surface area contributed by atoms with E-state index in [-0.39, 0.29) is 23.7 Å². The van der Waals surface area contributed by atoms with E-state index in [1.807, 2.05) is 74.2 Å². The molecule has 5 rings (SSSR count). The second-order valence-corrected chi connectivity index (χ2v) is 12.5. The number of aryl methyl sites for hydroxylation is 1. The van der Waals surface area contributed by atoms with Gasteiger partial charge >= 0.3 is 0 Å². The lowest BCUT2D eigenvalue weighted by Gasteiger charge is -2.35. The van der Waals surface area contributed by atoms with E-state index in [2.05, 4.69) is 17.2 Å². The summed E-state index contributed by atoms with van der Waals surface area (Å²) in [6.07, 6.45) is 5.19. The van der Waals surface area contributed by atoms with Gasteiger partial charge in [-0.15, -0.1) is 0 Å². The standard InChI is InChI=1S/C38H40ClFN4O2/c1-25(2)36-41-26(3)34(23-14-27-12-21-33(46-4)22-13-27)37(43-36)44(24-28-10-17-30(39)18-11-28)35(29-15-19-31(40)20-16-29)38(45)42-32-8-6-5-7-9-32/h10-13,15-22,25,32,35H,5-9,24H2,1-4H3,(H,42,45). The van der Waals surface area contributed by atoms with Gasteiger partial charge in [0.25, 0.3) is 0 Å². The second kappa shape index (κ2) is 15.2. The predicted octanol–water partition coefficient (Wildman–Crippen LogP) is 8.31. The monoisotopic (exact) mass is 638 g/mol. The van der Waals surface area contributed by atoms with Gasteiger partial charge in [0.1, 0.15) is 29.3 Å². The van der Waals surface area contributed by atoms with Crippen molar-refractivity contribution in [3.8, 4) is 17.6 Å². The van der Waals surface area contributed by atoms with Gasteiger partial charge in [0.15, 0.2) is 0 Å². The van der Waals surface area contributed by atoms with Crippen LogP contribution < -0.4 is 15.0 Å². The topological polar surface area (TPSA) is 67.4 Å². The third-order valence-electron chi connectivity index (χ3n) is 8.26. The molecule has 0 bridgehead atoms. The van der Waals surface area contributed by atoms with Crippen LogP contribution in [-0.2, 0) is 11.3 Å². The predicted molar refractivity (Wildman–Crippen MR) is 182 cm³/mol. The molecule has 0 saturated heterocycles. The molecule has 0 aliphatic heterocycles. The zero-order chi connectivity index (χ0) is 32.6. The molecule has 46 heavy (non-hydrogen) atoms. The van der Waals surface area contributed by atoms with Gasteiger partial charge in [-0.3, -0.25) is 4.79 Å². The van der Waals surface area contributed by atoms with E-state index in [4.69, 9.17) is 26.3 Å². The van der Waals surface area contributed by atoms with Gasteiger partial charge in [0.2, 0.25) is 5.91 Å². The highest BCUT2D eigenvalue weighted by molar-refractivity contribution is 6.30. The van der Waals surface area contributed by atoms with Crippen molar-refractivity contribution in [3.05, 3.63) is 117 Å². The van der Waals surface area contributed by atoms with Crippen molar-refractivity contribution >= 4 is 23.3 Å². The van der Waals surface area contributed by atoms with Gasteiger partial charge in [-0.05, 0) is 79.4 Å². The highest BCUT2D eigenvalue weighted by Gasteiger charge is 2.33. The first-order chi connectivity index (χ1) is 22.2. The summed E-state index contributed by atoms with van der Waals surface area (Å²) in [5.74, 6) is 8.04.